The molecule has 0 aromatic carbocycles. The fraction of sp³-hybridized carbons (Fsp3) is 0.846. The molecule has 18 heavy (non-hydrogen) atoms. The van der Waals surface area contributed by atoms with Crippen LogP contribution in [0.15, 0.2) is 4.99 Å². The Morgan fingerprint density at radius 1 is 1.17 bits per heavy atom. The quantitative estimate of drug-likeness (QED) is 0.493. The number of guanidine groups is 1. The molecule has 0 bridgehead atoms. The molecule has 0 saturated carbocycles. The first-order valence-corrected chi connectivity index (χ1v) is 6.66. The van der Waals surface area contributed by atoms with Gasteiger partial charge in [0.1, 0.15) is 0 Å². The summed E-state index contributed by atoms with van der Waals surface area (Å²) in [6.45, 7) is 13.8. The van der Waals surface area contributed by atoms with Crippen LogP contribution in [-0.2, 0) is 4.79 Å². The van der Waals surface area contributed by atoms with E-state index in [9.17, 15) is 4.79 Å². The molecular formula is C13H28N4O. The monoisotopic (exact) mass is 256 g/mol. The van der Waals surface area contributed by atoms with Crippen LogP contribution in [0.4, 0.5) is 0 Å². The Morgan fingerprint density at radius 3 is 2.17 bits per heavy atom. The van der Waals surface area contributed by atoms with E-state index in [4.69, 9.17) is 0 Å². The van der Waals surface area contributed by atoms with E-state index < -0.39 is 5.41 Å². The average Bonchev–Trinajstić information content (AvgIpc) is 2.26. The van der Waals surface area contributed by atoms with Crippen LogP contribution in [0.5, 0.6) is 0 Å². The van der Waals surface area contributed by atoms with Gasteiger partial charge in [-0.25, -0.2) is 0 Å². The van der Waals surface area contributed by atoms with Crippen LogP contribution in [-0.4, -0.2) is 37.5 Å². The molecule has 0 aromatic rings. The smallest absolute Gasteiger partial charge is 0.227 e. The van der Waals surface area contributed by atoms with Crippen LogP contribution in [0.2, 0.25) is 0 Å². The third-order valence-electron chi connectivity index (χ3n) is 2.35. The third kappa shape index (κ3) is 6.47. The van der Waals surface area contributed by atoms with Gasteiger partial charge < -0.3 is 16.0 Å². The Balaban J connectivity index is 4.57. The van der Waals surface area contributed by atoms with E-state index in [1.54, 1.807) is 0 Å². The molecule has 0 spiro atoms. The highest BCUT2D eigenvalue weighted by Gasteiger charge is 2.26. The minimum absolute atomic E-state index is 0.0362. The summed E-state index contributed by atoms with van der Waals surface area (Å²) in [5.74, 6) is 0.791. The summed E-state index contributed by atoms with van der Waals surface area (Å²) in [5, 5.41) is 9.23. The van der Waals surface area contributed by atoms with Crippen LogP contribution in [0, 0.1) is 5.41 Å². The minimum Gasteiger partial charge on any atom is -0.357 e. The number of carbonyl (C=O) groups is 1. The standard InChI is InChI=1S/C13H28N4O/c1-7-14-11(18)13(5,6)9-16-12(15-8-2)17-10(3)4/h10H,7-9H2,1-6H3,(H,14,18)(H2,15,16,17). The second-order valence-electron chi connectivity index (χ2n) is 5.24. The molecule has 0 fully saturated rings. The molecule has 5 heteroatoms. The number of nitrogens with one attached hydrogen (secondary N) is 3. The maximum Gasteiger partial charge on any atom is 0.227 e. The van der Waals surface area contributed by atoms with Crippen LogP contribution in [0.3, 0.4) is 0 Å². The van der Waals surface area contributed by atoms with E-state index in [0.29, 0.717) is 19.1 Å². The summed E-state index contributed by atoms with van der Waals surface area (Å²) in [6.07, 6.45) is 0. The molecule has 0 atom stereocenters. The Bertz CT molecular complexity index is 285. The lowest BCUT2D eigenvalue weighted by molar-refractivity contribution is -0.128. The van der Waals surface area contributed by atoms with E-state index in [-0.39, 0.29) is 5.91 Å². The molecular weight excluding hydrogens is 228 g/mol. The largest absolute Gasteiger partial charge is 0.357 e. The van der Waals surface area contributed by atoms with Gasteiger partial charge in [-0.2, -0.15) is 0 Å². The van der Waals surface area contributed by atoms with Crippen molar-refractivity contribution in [2.75, 3.05) is 19.6 Å². The van der Waals surface area contributed by atoms with Crippen molar-refractivity contribution in [1.29, 1.82) is 0 Å². The van der Waals surface area contributed by atoms with Crippen LogP contribution < -0.4 is 16.0 Å². The maximum atomic E-state index is 11.8. The molecule has 0 aliphatic rings. The maximum absolute atomic E-state index is 11.8. The van der Waals surface area contributed by atoms with E-state index in [2.05, 4.69) is 34.8 Å². The molecule has 0 aliphatic carbocycles. The van der Waals surface area contributed by atoms with Crippen molar-refractivity contribution < 1.29 is 4.79 Å². The van der Waals surface area contributed by atoms with Crippen LogP contribution in [0.1, 0.15) is 41.5 Å². The lowest BCUT2D eigenvalue weighted by Gasteiger charge is -2.22. The molecule has 0 rings (SSSR count). The van der Waals surface area contributed by atoms with Crippen molar-refractivity contribution >= 4 is 11.9 Å². The minimum atomic E-state index is -0.491. The van der Waals surface area contributed by atoms with Crippen LogP contribution >= 0.6 is 0 Å². The van der Waals surface area contributed by atoms with E-state index in [0.717, 1.165) is 12.5 Å². The summed E-state index contributed by atoms with van der Waals surface area (Å²) in [6, 6.07) is 0.315. The second-order valence-corrected chi connectivity index (χ2v) is 5.24. The zero-order chi connectivity index (χ0) is 14.2. The summed E-state index contributed by atoms with van der Waals surface area (Å²) >= 11 is 0. The molecule has 0 radical (unpaired) electrons. The molecule has 106 valence electrons. The van der Waals surface area contributed by atoms with E-state index >= 15 is 0 Å². The van der Waals surface area contributed by atoms with Crippen molar-refractivity contribution in [2.24, 2.45) is 10.4 Å². The molecule has 0 heterocycles. The van der Waals surface area contributed by atoms with Gasteiger partial charge >= 0.3 is 0 Å². The Labute approximate surface area is 111 Å². The number of aliphatic imine (C=N–C) groups is 1. The molecule has 0 aliphatic heterocycles. The van der Waals surface area contributed by atoms with Gasteiger partial charge in [-0.15, -0.1) is 0 Å². The fourth-order valence-electron chi connectivity index (χ4n) is 1.34. The highest BCUT2D eigenvalue weighted by molar-refractivity contribution is 5.83. The summed E-state index contributed by atoms with van der Waals surface area (Å²) in [7, 11) is 0. The summed E-state index contributed by atoms with van der Waals surface area (Å²) in [5.41, 5.74) is -0.491. The van der Waals surface area contributed by atoms with Gasteiger partial charge in [0.25, 0.3) is 0 Å². The zero-order valence-corrected chi connectivity index (χ0v) is 12.6. The van der Waals surface area contributed by atoms with Crippen molar-refractivity contribution in [1.82, 2.24) is 16.0 Å². The van der Waals surface area contributed by atoms with E-state index in [1.807, 2.05) is 27.7 Å². The highest BCUT2D eigenvalue weighted by atomic mass is 16.2. The highest BCUT2D eigenvalue weighted by Crippen LogP contribution is 2.15. The second kappa shape index (κ2) is 7.95. The molecule has 5 nitrogen and oxygen atoms in total. The fourth-order valence-corrected chi connectivity index (χ4v) is 1.34. The first-order valence-electron chi connectivity index (χ1n) is 6.66. The Hall–Kier alpha value is -1.26. The van der Waals surface area contributed by atoms with Crippen molar-refractivity contribution in [3.63, 3.8) is 0 Å². The topological polar surface area (TPSA) is 65.5 Å². The van der Waals surface area contributed by atoms with Gasteiger partial charge in [0.05, 0.1) is 12.0 Å². The molecule has 1 amide bonds. The predicted octanol–water partition coefficient (Wildman–Crippen LogP) is 1.11. The summed E-state index contributed by atoms with van der Waals surface area (Å²) in [4.78, 5) is 16.3. The van der Waals surface area contributed by atoms with Gasteiger partial charge in [0.15, 0.2) is 5.96 Å². The predicted molar refractivity (Wildman–Crippen MR) is 76.7 cm³/mol. The van der Waals surface area contributed by atoms with Crippen molar-refractivity contribution in [2.45, 2.75) is 47.6 Å². The first-order chi connectivity index (χ1) is 8.33. The molecule has 3 N–H and O–H groups in total. The molecule has 0 unspecified atom stereocenters. The average molecular weight is 256 g/mol. The lowest BCUT2D eigenvalue weighted by atomic mass is 9.92. The van der Waals surface area contributed by atoms with Gasteiger partial charge in [-0.05, 0) is 41.5 Å². The summed E-state index contributed by atoms with van der Waals surface area (Å²) < 4.78 is 0. The van der Waals surface area contributed by atoms with Crippen molar-refractivity contribution in [3.8, 4) is 0 Å². The SMILES string of the molecule is CCNC(=O)C(C)(C)CN=C(NCC)NC(C)C. The van der Waals surface area contributed by atoms with Gasteiger partial charge in [0.2, 0.25) is 5.91 Å². The van der Waals surface area contributed by atoms with Gasteiger partial charge in [-0.1, -0.05) is 0 Å². The number of rotatable bonds is 6. The third-order valence-corrected chi connectivity index (χ3v) is 2.35. The van der Waals surface area contributed by atoms with Gasteiger partial charge in [-0.3, -0.25) is 9.79 Å². The first kappa shape index (κ1) is 16.7. The number of hydrogen-bond donors (Lipinski definition) is 3. The lowest BCUT2D eigenvalue weighted by Crippen LogP contribution is -2.43. The normalized spacial score (nSPS) is 12.5. The van der Waals surface area contributed by atoms with E-state index in [1.165, 1.54) is 0 Å². The molecule has 0 aromatic heterocycles. The molecule has 0 saturated heterocycles. The van der Waals surface area contributed by atoms with Crippen molar-refractivity contribution in [3.05, 3.63) is 0 Å². The number of hydrogen-bond acceptors (Lipinski definition) is 2. The Kier molecular flexibility index (Phi) is 7.39. The Morgan fingerprint density at radius 2 is 1.72 bits per heavy atom. The number of carbonyl (C=O) groups excluding carboxylic acids is 1. The zero-order valence-electron chi connectivity index (χ0n) is 12.6. The number of nitrogens with zero attached hydrogens (tertiary/aromatic N) is 1. The van der Waals surface area contributed by atoms with Crippen LogP contribution in [0.25, 0.3) is 0 Å². The number of amides is 1. The van der Waals surface area contributed by atoms with Gasteiger partial charge in [0, 0.05) is 19.1 Å².